The van der Waals surface area contributed by atoms with Crippen molar-refractivity contribution in [3.8, 4) is 0 Å². The SMILES string of the molecule is CN(CCN)CC1CCOCC1. The first-order chi connectivity index (χ1) is 5.83. The van der Waals surface area contributed by atoms with Crippen LogP contribution in [0.4, 0.5) is 0 Å². The number of hydrogen-bond donors (Lipinski definition) is 1. The molecule has 1 saturated heterocycles. The smallest absolute Gasteiger partial charge is 0.0469 e. The van der Waals surface area contributed by atoms with Crippen LogP contribution in [-0.4, -0.2) is 44.8 Å². The molecule has 1 aliphatic heterocycles. The monoisotopic (exact) mass is 172 g/mol. The second-order valence-electron chi connectivity index (χ2n) is 3.61. The summed E-state index contributed by atoms with van der Waals surface area (Å²) in [4.78, 5) is 2.32. The summed E-state index contributed by atoms with van der Waals surface area (Å²) >= 11 is 0. The lowest BCUT2D eigenvalue weighted by Gasteiger charge is -2.26. The molecule has 0 aliphatic carbocycles. The molecule has 0 atom stereocenters. The zero-order chi connectivity index (χ0) is 8.81. The molecule has 72 valence electrons. The summed E-state index contributed by atoms with van der Waals surface area (Å²) in [6, 6.07) is 0. The van der Waals surface area contributed by atoms with Crippen LogP contribution in [0.3, 0.4) is 0 Å². The van der Waals surface area contributed by atoms with Crippen molar-refractivity contribution >= 4 is 0 Å². The van der Waals surface area contributed by atoms with Crippen molar-refractivity contribution in [2.45, 2.75) is 12.8 Å². The highest BCUT2D eigenvalue weighted by atomic mass is 16.5. The summed E-state index contributed by atoms with van der Waals surface area (Å²) in [6.07, 6.45) is 2.43. The van der Waals surface area contributed by atoms with Crippen LogP contribution in [0.25, 0.3) is 0 Å². The second kappa shape index (κ2) is 5.51. The normalized spacial score (nSPS) is 20.2. The van der Waals surface area contributed by atoms with Gasteiger partial charge in [0.15, 0.2) is 0 Å². The highest BCUT2D eigenvalue weighted by Gasteiger charge is 2.14. The van der Waals surface area contributed by atoms with Gasteiger partial charge in [-0.05, 0) is 25.8 Å². The van der Waals surface area contributed by atoms with Crippen LogP contribution in [0.1, 0.15) is 12.8 Å². The number of ether oxygens (including phenoxy) is 1. The van der Waals surface area contributed by atoms with Crippen molar-refractivity contribution in [3.63, 3.8) is 0 Å². The number of nitrogens with two attached hydrogens (primary N) is 1. The zero-order valence-corrected chi connectivity index (χ0v) is 7.96. The van der Waals surface area contributed by atoms with Gasteiger partial charge in [-0.25, -0.2) is 0 Å². The predicted octanol–water partition coefficient (Wildman–Crippen LogP) is 0.303. The molecule has 2 N–H and O–H groups in total. The van der Waals surface area contributed by atoms with Gasteiger partial charge in [0.2, 0.25) is 0 Å². The maximum atomic E-state index is 5.47. The van der Waals surface area contributed by atoms with E-state index in [4.69, 9.17) is 10.5 Å². The predicted molar refractivity (Wildman–Crippen MR) is 50.1 cm³/mol. The van der Waals surface area contributed by atoms with Gasteiger partial charge in [0.1, 0.15) is 0 Å². The minimum absolute atomic E-state index is 0.764. The van der Waals surface area contributed by atoms with Crippen molar-refractivity contribution in [1.82, 2.24) is 4.90 Å². The lowest BCUT2D eigenvalue weighted by molar-refractivity contribution is 0.0561. The van der Waals surface area contributed by atoms with Crippen molar-refractivity contribution < 1.29 is 4.74 Å². The first kappa shape index (κ1) is 9.96. The Labute approximate surface area is 74.9 Å². The van der Waals surface area contributed by atoms with Gasteiger partial charge in [-0.1, -0.05) is 0 Å². The Morgan fingerprint density at radius 1 is 1.42 bits per heavy atom. The Kier molecular flexibility index (Phi) is 4.58. The van der Waals surface area contributed by atoms with Crippen molar-refractivity contribution in [2.24, 2.45) is 11.7 Å². The van der Waals surface area contributed by atoms with Crippen molar-refractivity contribution in [2.75, 3.05) is 39.9 Å². The van der Waals surface area contributed by atoms with E-state index in [0.29, 0.717) is 0 Å². The molecule has 3 nitrogen and oxygen atoms in total. The van der Waals surface area contributed by atoms with Gasteiger partial charge in [0.25, 0.3) is 0 Å². The van der Waals surface area contributed by atoms with Crippen LogP contribution in [0, 0.1) is 5.92 Å². The third-order valence-electron chi connectivity index (χ3n) is 2.42. The van der Waals surface area contributed by atoms with Crippen molar-refractivity contribution in [1.29, 1.82) is 0 Å². The van der Waals surface area contributed by atoms with Crippen LogP contribution in [0.5, 0.6) is 0 Å². The van der Waals surface area contributed by atoms with Crippen LogP contribution in [0.15, 0.2) is 0 Å². The fourth-order valence-corrected chi connectivity index (χ4v) is 1.68. The number of rotatable bonds is 4. The van der Waals surface area contributed by atoms with E-state index in [-0.39, 0.29) is 0 Å². The highest BCUT2D eigenvalue weighted by Crippen LogP contribution is 2.14. The van der Waals surface area contributed by atoms with E-state index < -0.39 is 0 Å². The largest absolute Gasteiger partial charge is 0.381 e. The van der Waals surface area contributed by atoms with E-state index in [1.165, 1.54) is 19.4 Å². The van der Waals surface area contributed by atoms with E-state index in [1.807, 2.05) is 0 Å². The van der Waals surface area contributed by atoms with Crippen LogP contribution >= 0.6 is 0 Å². The van der Waals surface area contributed by atoms with Gasteiger partial charge < -0.3 is 15.4 Å². The fourth-order valence-electron chi connectivity index (χ4n) is 1.68. The van der Waals surface area contributed by atoms with Gasteiger partial charge in [0, 0.05) is 32.8 Å². The zero-order valence-electron chi connectivity index (χ0n) is 7.96. The van der Waals surface area contributed by atoms with E-state index >= 15 is 0 Å². The molecule has 1 rings (SSSR count). The lowest BCUT2D eigenvalue weighted by atomic mass is 10.00. The summed E-state index contributed by atoms with van der Waals surface area (Å²) in [5, 5.41) is 0. The molecule has 1 heterocycles. The summed E-state index contributed by atoms with van der Waals surface area (Å²) in [5.41, 5.74) is 5.47. The van der Waals surface area contributed by atoms with E-state index in [0.717, 1.165) is 32.2 Å². The van der Waals surface area contributed by atoms with Gasteiger partial charge >= 0.3 is 0 Å². The molecule has 1 fully saturated rings. The van der Waals surface area contributed by atoms with Crippen molar-refractivity contribution in [3.05, 3.63) is 0 Å². The minimum Gasteiger partial charge on any atom is -0.381 e. The quantitative estimate of drug-likeness (QED) is 0.663. The number of likely N-dealkylation sites (N-methyl/N-ethyl adjacent to an activating group) is 1. The summed E-state index contributed by atoms with van der Waals surface area (Å²) < 4.78 is 5.30. The van der Waals surface area contributed by atoms with Gasteiger partial charge in [-0.15, -0.1) is 0 Å². The molecule has 0 aromatic heterocycles. The Morgan fingerprint density at radius 2 is 2.08 bits per heavy atom. The molecule has 3 heteroatoms. The van der Waals surface area contributed by atoms with E-state index in [9.17, 15) is 0 Å². The lowest BCUT2D eigenvalue weighted by Crippen LogP contribution is -2.32. The third-order valence-corrected chi connectivity index (χ3v) is 2.42. The van der Waals surface area contributed by atoms with E-state index in [1.54, 1.807) is 0 Å². The Bertz CT molecular complexity index is 113. The molecule has 12 heavy (non-hydrogen) atoms. The summed E-state index contributed by atoms with van der Waals surface area (Å²) in [6.45, 7) is 4.85. The molecule has 0 aromatic rings. The Morgan fingerprint density at radius 3 is 2.67 bits per heavy atom. The molecule has 0 unspecified atom stereocenters. The van der Waals surface area contributed by atoms with Crippen LogP contribution in [0.2, 0.25) is 0 Å². The maximum absolute atomic E-state index is 5.47. The average Bonchev–Trinajstić information content (AvgIpc) is 2.06. The second-order valence-corrected chi connectivity index (χ2v) is 3.61. The molecule has 0 radical (unpaired) electrons. The summed E-state index contributed by atoms with van der Waals surface area (Å²) in [5.74, 6) is 0.829. The van der Waals surface area contributed by atoms with Gasteiger partial charge in [-0.2, -0.15) is 0 Å². The molecule has 0 aromatic carbocycles. The van der Waals surface area contributed by atoms with Crippen LogP contribution < -0.4 is 5.73 Å². The molecular weight excluding hydrogens is 152 g/mol. The van der Waals surface area contributed by atoms with E-state index in [2.05, 4.69) is 11.9 Å². The first-order valence-electron chi connectivity index (χ1n) is 4.79. The fraction of sp³-hybridized carbons (Fsp3) is 1.00. The van der Waals surface area contributed by atoms with Gasteiger partial charge in [-0.3, -0.25) is 0 Å². The topological polar surface area (TPSA) is 38.5 Å². The van der Waals surface area contributed by atoms with Gasteiger partial charge in [0.05, 0.1) is 0 Å². The molecular formula is C9H20N2O. The maximum Gasteiger partial charge on any atom is 0.0469 e. The average molecular weight is 172 g/mol. The standard InChI is InChI=1S/C9H20N2O/c1-11(5-4-10)8-9-2-6-12-7-3-9/h9H,2-8,10H2,1H3. The highest BCUT2D eigenvalue weighted by molar-refractivity contribution is 4.67. The van der Waals surface area contributed by atoms with Crippen LogP contribution in [-0.2, 0) is 4.74 Å². The molecule has 0 saturated carbocycles. The molecule has 0 bridgehead atoms. The minimum atomic E-state index is 0.764. The number of nitrogens with zero attached hydrogens (tertiary/aromatic N) is 1. The molecule has 0 spiro atoms. The third kappa shape index (κ3) is 3.52. The molecule has 0 amide bonds. The first-order valence-corrected chi connectivity index (χ1v) is 4.79. The summed E-state index contributed by atoms with van der Waals surface area (Å²) in [7, 11) is 2.14. The Hall–Kier alpha value is -0.120. The molecule has 1 aliphatic rings. The number of hydrogen-bond acceptors (Lipinski definition) is 3. The Balaban J connectivity index is 2.11.